The number of nitrogens with two attached hydrogens (primary N) is 5. The number of aromatic nitrogens is 1. The maximum atomic E-state index is 14.8. The molecule has 45 nitrogen and oxygen atoms in total. The number of phenolic OH excluding ortho intramolecular Hbond substituents is 1. The number of thioether (sulfide) groups is 1. The highest BCUT2D eigenvalue weighted by molar-refractivity contribution is 7.98. The molecule has 0 bridgehead atoms. The lowest BCUT2D eigenvalue weighted by Gasteiger charge is -2.30. The van der Waals surface area contributed by atoms with E-state index in [4.69, 9.17) is 39.5 Å². The van der Waals surface area contributed by atoms with Crippen LogP contribution in [-0.2, 0) is 106 Å². The molecule has 0 aliphatic rings. The third-order valence-electron chi connectivity index (χ3n) is 19.8. The lowest BCUT2D eigenvalue weighted by Crippen LogP contribution is -2.61. The van der Waals surface area contributed by atoms with Crippen molar-refractivity contribution in [2.24, 2.45) is 40.5 Å². The van der Waals surface area contributed by atoms with Crippen LogP contribution >= 0.6 is 11.8 Å². The van der Waals surface area contributed by atoms with Crippen molar-refractivity contribution in [3.8, 4) is 5.75 Å². The number of H-pyrrole nitrogens is 1. The summed E-state index contributed by atoms with van der Waals surface area (Å²) in [7, 11) is 0. The predicted octanol–water partition coefficient (Wildman–Crippen LogP) is -4.88. The number of aliphatic carboxylic acids is 3. The van der Waals surface area contributed by atoms with Gasteiger partial charge in [0.05, 0.1) is 25.4 Å². The van der Waals surface area contributed by atoms with E-state index in [0.717, 1.165) is 16.5 Å². The molecule has 14 atom stereocenters. The smallest absolute Gasteiger partial charge is 0.326 e. The molecule has 4 rings (SSSR count). The number of hydrogen-bond acceptors (Lipinski definition) is 23. The average Bonchev–Trinajstić information content (AvgIpc) is 1.73. The van der Waals surface area contributed by atoms with E-state index < -0.39 is 248 Å². The predicted molar refractivity (Wildman–Crippen MR) is 463 cm³/mol. The zero-order chi connectivity index (χ0) is 94.7. The molecule has 0 saturated carbocycles. The van der Waals surface area contributed by atoms with Crippen molar-refractivity contribution in [1.29, 1.82) is 10.8 Å². The minimum absolute atomic E-state index is 0.000613. The van der Waals surface area contributed by atoms with E-state index >= 15 is 0 Å². The van der Waals surface area contributed by atoms with Crippen LogP contribution in [0.15, 0.2) is 85.1 Å². The highest BCUT2D eigenvalue weighted by atomic mass is 32.2. The van der Waals surface area contributed by atoms with Crippen LogP contribution in [0.4, 0.5) is 0 Å². The molecule has 15 amide bonds. The topological polar surface area (TPSA) is 762 Å². The number of guanidine groups is 2. The molecule has 46 heteroatoms. The molecule has 4 aromatic rings. The molecule has 0 radical (unpaired) electrons. The number of nitrogens with one attached hydrogen (secondary N) is 18. The Balaban J connectivity index is 1.57. The summed E-state index contributed by atoms with van der Waals surface area (Å²) in [6, 6.07) is 0.248. The first-order chi connectivity index (χ1) is 60.0. The Morgan fingerprint density at radius 2 is 0.898 bits per heavy atom. The van der Waals surface area contributed by atoms with Crippen LogP contribution in [0.1, 0.15) is 135 Å². The number of para-hydroxylation sites is 1. The van der Waals surface area contributed by atoms with Crippen LogP contribution < -0.4 is 108 Å². The second kappa shape index (κ2) is 54.1. The van der Waals surface area contributed by atoms with Gasteiger partial charge >= 0.3 is 17.9 Å². The number of carboxylic acid groups (broad SMARTS) is 3. The molecule has 0 fully saturated rings. The Hall–Kier alpha value is -13.7. The number of aromatic hydroxyl groups is 1. The zero-order valence-electron chi connectivity index (χ0n) is 71.3. The fraction of sp³-hybridized carbons (Fsp3) is 0.506. The summed E-state index contributed by atoms with van der Waals surface area (Å²) in [5.41, 5.74) is 30.6. The molecule has 32 N–H and O–H groups in total. The van der Waals surface area contributed by atoms with Crippen LogP contribution in [0.5, 0.6) is 5.75 Å². The van der Waals surface area contributed by atoms with Crippen LogP contribution in [0, 0.1) is 22.7 Å². The minimum Gasteiger partial charge on any atom is -0.508 e. The summed E-state index contributed by atoms with van der Waals surface area (Å²) in [5.74, 6) is -22.3. The Labute approximate surface area is 735 Å². The van der Waals surface area contributed by atoms with Gasteiger partial charge in [0.15, 0.2) is 11.9 Å². The molecule has 1 heterocycles. The third kappa shape index (κ3) is 39.0. The van der Waals surface area contributed by atoms with E-state index in [2.05, 4.69) is 84.7 Å². The van der Waals surface area contributed by atoms with Gasteiger partial charge in [0.25, 0.3) is 0 Å². The number of rotatable bonds is 58. The standard InChI is InChI=1S/C81H119N23O22S/c1-7-42(4)66(104-73(119)53(25-27-61(83)106)95-67(113)43(5)93-74(120)57(35-45-21-23-47(105)24-22-45)100-68(114)49(82)36-46-39-91-50-18-12-11-17-48(46)50)78(124)102-56(33-41(2)3)75(121)97-52(20-14-31-90-81(87)88)70(116)96-51(19-13-30-89-80(85)86)71(117)99-55(29-32-127-6)69(115)92-40-63(108)94-59(38-65(111)112)77(123)98-54(26-28-64(109)110)72(118)101-58(34-44-15-9-8-10-16-44)76(122)103-60(79(125)126)37-62(84)107/h8-12,15-18,21-24,39,41-43,49,51-60,66,91,105H,7,13-14,19-20,25-38,40,82H2,1-6H3,(H2,83,106)(H2,84,107)(H,92,115)(H,93,120)(H,94,108)(H,95,113)(H,96,116)(H,97,121)(H,98,123)(H,99,117)(H,100,114)(H,101,118)(H,102,124)(H,103,122)(H,104,119)(H,109,110)(H,111,112)(H,125,126)(H4,85,86,89)(H4,87,88,90)/t42-,43-,49-,51-,52-,53-,54-,55-,56-,57-,58-,59-,60-,66-/m0/s1. The molecule has 0 aliphatic carbocycles. The monoisotopic (exact) mass is 1800 g/mol. The van der Waals surface area contributed by atoms with Gasteiger partial charge in [-0.2, -0.15) is 11.8 Å². The first-order valence-corrected chi connectivity index (χ1v) is 42.3. The van der Waals surface area contributed by atoms with Crippen LogP contribution in [0.3, 0.4) is 0 Å². The Morgan fingerprint density at radius 1 is 0.441 bits per heavy atom. The van der Waals surface area contributed by atoms with Crippen molar-refractivity contribution in [2.75, 3.05) is 31.6 Å². The number of hydrogen-bond donors (Lipinski definition) is 27. The van der Waals surface area contributed by atoms with E-state index in [9.17, 15) is 107 Å². The molecular formula is C81H119N23O22S. The Kier molecular flexibility index (Phi) is 45.0. The fourth-order valence-electron chi connectivity index (χ4n) is 12.8. The normalized spacial score (nSPS) is 14.3. The number of aromatic amines is 1. The number of phenols is 1. The number of carbonyl (C=O) groups is 18. The van der Waals surface area contributed by atoms with Crippen LogP contribution in [0.2, 0.25) is 0 Å². The summed E-state index contributed by atoms with van der Waals surface area (Å²) in [5, 5.41) is 92.5. The van der Waals surface area contributed by atoms with Gasteiger partial charge < -0.3 is 134 Å². The van der Waals surface area contributed by atoms with Gasteiger partial charge in [-0.05, 0) is 123 Å². The zero-order valence-corrected chi connectivity index (χ0v) is 72.1. The van der Waals surface area contributed by atoms with Crippen LogP contribution in [-0.4, -0.2) is 254 Å². The number of benzene rings is 3. The van der Waals surface area contributed by atoms with E-state index in [-0.39, 0.29) is 94.7 Å². The van der Waals surface area contributed by atoms with E-state index in [0.29, 0.717) is 11.1 Å². The maximum Gasteiger partial charge on any atom is 0.326 e. The van der Waals surface area contributed by atoms with Crippen LogP contribution in [0.25, 0.3) is 10.9 Å². The minimum atomic E-state index is -2.07. The molecular weight excluding hydrogens is 1680 g/mol. The van der Waals surface area contributed by atoms with E-state index in [1.54, 1.807) is 58.3 Å². The number of primary amides is 2. The summed E-state index contributed by atoms with van der Waals surface area (Å²) in [6.45, 7) is 6.89. The van der Waals surface area contributed by atoms with Gasteiger partial charge in [0.1, 0.15) is 78.3 Å². The first kappa shape index (κ1) is 106. The molecule has 0 spiro atoms. The van der Waals surface area contributed by atoms with Gasteiger partial charge in [-0.15, -0.1) is 0 Å². The average molecular weight is 1800 g/mol. The molecule has 0 saturated heterocycles. The summed E-state index contributed by atoms with van der Waals surface area (Å²) < 4.78 is 0. The molecule has 0 unspecified atom stereocenters. The largest absolute Gasteiger partial charge is 0.508 e. The lowest BCUT2D eigenvalue weighted by molar-refractivity contribution is -0.143. The SMILES string of the molecule is CC[C@H](C)[C@H](NC(=O)[C@H](CCC(N)=O)NC(=O)[C@H](C)NC(=O)[C@H](Cc1ccc(O)cc1)NC(=O)[C@@H](N)Cc1c[nH]c2ccccc12)C(=O)N[C@@H](CC(C)C)C(=O)N[C@@H](CCCNC(=N)N)C(=O)N[C@@H](CCCNC(=N)N)C(=O)N[C@@H](CCSC)C(=O)NCC(=O)N[C@@H](CC(=O)O)C(=O)N[C@@H](CCC(=O)O)C(=O)N[C@@H](Cc1ccccc1)C(=O)N[C@@H](CC(N)=O)C(=O)O. The van der Waals surface area contributed by atoms with E-state index in [1.807, 2.05) is 24.3 Å². The van der Waals surface area contributed by atoms with Gasteiger partial charge in [0.2, 0.25) is 88.6 Å². The molecule has 696 valence electrons. The number of carboxylic acids is 3. The molecule has 127 heavy (non-hydrogen) atoms. The Morgan fingerprint density at radius 3 is 1.41 bits per heavy atom. The van der Waals surface area contributed by atoms with Crippen molar-refractivity contribution in [2.45, 2.75) is 216 Å². The van der Waals surface area contributed by atoms with Gasteiger partial charge in [-0.25, -0.2) is 4.79 Å². The summed E-state index contributed by atoms with van der Waals surface area (Å²) in [4.78, 5) is 248. The van der Waals surface area contributed by atoms with Gasteiger partial charge in [0, 0.05) is 55.9 Å². The highest BCUT2D eigenvalue weighted by Gasteiger charge is 2.39. The van der Waals surface area contributed by atoms with Crippen molar-refractivity contribution in [3.63, 3.8) is 0 Å². The second-order valence-corrected chi connectivity index (χ2v) is 31.6. The second-order valence-electron chi connectivity index (χ2n) is 30.6. The third-order valence-corrected chi connectivity index (χ3v) is 20.5. The number of amides is 15. The molecule has 0 aliphatic heterocycles. The Bertz CT molecular complexity index is 4500. The first-order valence-electron chi connectivity index (χ1n) is 40.9. The fourth-order valence-corrected chi connectivity index (χ4v) is 13.3. The lowest BCUT2D eigenvalue weighted by atomic mass is 9.96. The quantitative estimate of drug-likeness (QED) is 0.0112. The van der Waals surface area contributed by atoms with Crippen molar-refractivity contribution in [3.05, 3.63) is 102 Å². The summed E-state index contributed by atoms with van der Waals surface area (Å²) in [6.07, 6.45) is -2.02. The molecule has 3 aromatic carbocycles. The van der Waals surface area contributed by atoms with Crippen molar-refractivity contribution in [1.82, 2.24) is 84.7 Å². The number of carbonyl (C=O) groups excluding carboxylic acids is 15. The van der Waals surface area contributed by atoms with Crippen molar-refractivity contribution >= 4 is 141 Å². The summed E-state index contributed by atoms with van der Waals surface area (Å²) >= 11 is 1.22. The van der Waals surface area contributed by atoms with E-state index in [1.165, 1.54) is 55.1 Å². The van der Waals surface area contributed by atoms with Gasteiger partial charge in [-0.1, -0.05) is 94.8 Å². The van der Waals surface area contributed by atoms with Crippen molar-refractivity contribution < 1.29 is 107 Å². The highest BCUT2D eigenvalue weighted by Crippen LogP contribution is 2.21. The molecule has 1 aromatic heterocycles. The maximum absolute atomic E-state index is 14.8. The number of fused-ring (bicyclic) bond motifs is 1. The van der Waals surface area contributed by atoms with Gasteiger partial charge in [-0.3, -0.25) is 92.3 Å².